The van der Waals surface area contributed by atoms with Crippen molar-refractivity contribution in [3.05, 3.63) is 11.9 Å². The number of ether oxygens (including phenoxy) is 2. The Morgan fingerprint density at radius 2 is 2.56 bits per heavy atom. The number of hydrazine groups is 1. The van der Waals surface area contributed by atoms with Crippen molar-refractivity contribution in [1.82, 2.24) is 20.4 Å². The topological polar surface area (TPSA) is 87.2 Å². The molecule has 0 spiro atoms. The van der Waals surface area contributed by atoms with E-state index >= 15 is 0 Å². The molecule has 0 amide bonds. The number of aryl methyl sites for hydroxylation is 1. The maximum atomic E-state index is 5.59. The van der Waals surface area contributed by atoms with Crippen molar-refractivity contribution in [3.63, 3.8) is 0 Å². The van der Waals surface area contributed by atoms with Crippen molar-refractivity contribution in [1.29, 1.82) is 0 Å². The maximum Gasteiger partial charge on any atom is 0.0979 e. The molecule has 0 aromatic carbocycles. The summed E-state index contributed by atoms with van der Waals surface area (Å²) < 4.78 is 12.6. The van der Waals surface area contributed by atoms with Crippen molar-refractivity contribution < 1.29 is 9.47 Å². The second-order valence-electron chi connectivity index (χ2n) is 3.84. The smallest absolute Gasteiger partial charge is 0.0979 e. The van der Waals surface area contributed by atoms with E-state index in [-0.39, 0.29) is 12.1 Å². The van der Waals surface area contributed by atoms with Gasteiger partial charge in [0.15, 0.2) is 0 Å². The van der Waals surface area contributed by atoms with Gasteiger partial charge in [0.2, 0.25) is 0 Å². The van der Waals surface area contributed by atoms with Gasteiger partial charge in [0, 0.05) is 19.7 Å². The lowest BCUT2D eigenvalue weighted by Crippen LogP contribution is -2.50. The second kappa shape index (κ2) is 5.35. The van der Waals surface area contributed by atoms with E-state index < -0.39 is 0 Å². The van der Waals surface area contributed by atoms with Crippen LogP contribution < -0.4 is 11.3 Å². The van der Waals surface area contributed by atoms with E-state index in [2.05, 4.69) is 15.7 Å². The summed E-state index contributed by atoms with van der Waals surface area (Å²) in [5.41, 5.74) is 3.64. The first-order chi connectivity index (χ1) is 7.79. The summed E-state index contributed by atoms with van der Waals surface area (Å²) in [7, 11) is 1.83. The van der Waals surface area contributed by atoms with Crippen LogP contribution in [0.1, 0.15) is 5.69 Å². The highest BCUT2D eigenvalue weighted by Crippen LogP contribution is 2.09. The molecule has 90 valence electrons. The average Bonchev–Trinajstić information content (AvgIpc) is 2.73. The lowest BCUT2D eigenvalue weighted by Gasteiger charge is -2.29. The Morgan fingerprint density at radius 1 is 1.69 bits per heavy atom. The molecule has 1 aliphatic heterocycles. The number of aromatic nitrogens is 3. The molecule has 1 aromatic heterocycles. The van der Waals surface area contributed by atoms with Crippen LogP contribution in [0.25, 0.3) is 0 Å². The molecule has 0 aliphatic carbocycles. The van der Waals surface area contributed by atoms with Crippen LogP contribution in [0.5, 0.6) is 0 Å². The van der Waals surface area contributed by atoms with E-state index in [4.69, 9.17) is 15.3 Å². The van der Waals surface area contributed by atoms with E-state index in [9.17, 15) is 0 Å². The lowest BCUT2D eigenvalue weighted by molar-refractivity contribution is -0.101. The molecule has 2 atom stereocenters. The molecule has 1 aliphatic rings. The molecular formula is C9H17N5O2. The van der Waals surface area contributed by atoms with Gasteiger partial charge in [-0.3, -0.25) is 16.0 Å². The Hall–Kier alpha value is -1.02. The number of hydrogen-bond donors (Lipinski definition) is 2. The zero-order valence-electron chi connectivity index (χ0n) is 9.30. The van der Waals surface area contributed by atoms with Crippen LogP contribution in [0, 0.1) is 0 Å². The van der Waals surface area contributed by atoms with Crippen LogP contribution in [0.4, 0.5) is 0 Å². The zero-order chi connectivity index (χ0) is 11.4. The first-order valence-corrected chi connectivity index (χ1v) is 5.30. The fraction of sp³-hybridized carbons (Fsp3) is 0.778. The minimum absolute atomic E-state index is 0.00278. The summed E-state index contributed by atoms with van der Waals surface area (Å²) in [6.07, 6.45) is 2.52. The van der Waals surface area contributed by atoms with Crippen molar-refractivity contribution in [2.45, 2.75) is 18.6 Å². The molecule has 0 saturated carbocycles. The van der Waals surface area contributed by atoms with Crippen LogP contribution in [0.3, 0.4) is 0 Å². The average molecular weight is 227 g/mol. The normalized spacial score (nSPS) is 23.2. The summed E-state index contributed by atoms with van der Waals surface area (Å²) in [5, 5.41) is 7.89. The van der Waals surface area contributed by atoms with E-state index in [1.807, 2.05) is 13.2 Å². The van der Waals surface area contributed by atoms with Gasteiger partial charge in [-0.1, -0.05) is 5.21 Å². The first-order valence-electron chi connectivity index (χ1n) is 5.30. The van der Waals surface area contributed by atoms with Gasteiger partial charge in [0.1, 0.15) is 0 Å². The summed E-state index contributed by atoms with van der Waals surface area (Å²) in [6, 6.07) is -0.00278. The third-order valence-corrected chi connectivity index (χ3v) is 2.58. The zero-order valence-corrected chi connectivity index (χ0v) is 9.30. The Labute approximate surface area is 93.9 Å². The van der Waals surface area contributed by atoms with Crippen LogP contribution >= 0.6 is 0 Å². The van der Waals surface area contributed by atoms with Crippen molar-refractivity contribution in [2.24, 2.45) is 12.9 Å². The van der Waals surface area contributed by atoms with E-state index in [0.29, 0.717) is 26.2 Å². The lowest BCUT2D eigenvalue weighted by atomic mass is 10.1. The van der Waals surface area contributed by atoms with Gasteiger partial charge in [-0.15, -0.1) is 5.10 Å². The SMILES string of the molecule is Cn1cc(CC(NN)C2COCCO2)nn1. The predicted molar refractivity (Wildman–Crippen MR) is 56.4 cm³/mol. The summed E-state index contributed by atoms with van der Waals surface area (Å²) in [6.45, 7) is 1.83. The van der Waals surface area contributed by atoms with Crippen molar-refractivity contribution in [2.75, 3.05) is 19.8 Å². The van der Waals surface area contributed by atoms with E-state index in [1.54, 1.807) is 4.68 Å². The third-order valence-electron chi connectivity index (χ3n) is 2.58. The molecule has 1 fully saturated rings. The Kier molecular flexibility index (Phi) is 3.83. The van der Waals surface area contributed by atoms with Gasteiger partial charge >= 0.3 is 0 Å². The molecule has 1 aromatic rings. The van der Waals surface area contributed by atoms with E-state index in [1.165, 1.54) is 0 Å². The van der Waals surface area contributed by atoms with Crippen LogP contribution in [-0.4, -0.2) is 47.0 Å². The number of nitrogens with two attached hydrogens (primary N) is 1. The van der Waals surface area contributed by atoms with Gasteiger partial charge < -0.3 is 9.47 Å². The molecule has 2 rings (SSSR count). The van der Waals surface area contributed by atoms with Gasteiger partial charge in [-0.2, -0.15) is 0 Å². The molecule has 16 heavy (non-hydrogen) atoms. The predicted octanol–water partition coefficient (Wildman–Crippen LogP) is -1.40. The van der Waals surface area contributed by atoms with Gasteiger partial charge in [0.05, 0.1) is 37.7 Å². The monoisotopic (exact) mass is 227 g/mol. The highest BCUT2D eigenvalue weighted by molar-refractivity contribution is 4.97. The number of nitrogens with zero attached hydrogens (tertiary/aromatic N) is 3. The third kappa shape index (κ3) is 2.76. The molecule has 2 unspecified atom stereocenters. The highest BCUT2D eigenvalue weighted by Gasteiger charge is 2.25. The van der Waals surface area contributed by atoms with Gasteiger partial charge in [-0.05, 0) is 0 Å². The molecule has 7 nitrogen and oxygen atoms in total. The minimum atomic E-state index is -0.0271. The number of hydrogen-bond acceptors (Lipinski definition) is 6. The van der Waals surface area contributed by atoms with E-state index in [0.717, 1.165) is 5.69 Å². The first kappa shape index (κ1) is 11.5. The molecule has 0 bridgehead atoms. The Morgan fingerprint density at radius 3 is 3.12 bits per heavy atom. The summed E-state index contributed by atoms with van der Waals surface area (Å²) in [4.78, 5) is 0. The Balaban J connectivity index is 1.94. The van der Waals surface area contributed by atoms with Crippen molar-refractivity contribution >= 4 is 0 Å². The van der Waals surface area contributed by atoms with Gasteiger partial charge in [0.25, 0.3) is 0 Å². The fourth-order valence-corrected chi connectivity index (χ4v) is 1.75. The molecule has 3 N–H and O–H groups in total. The largest absolute Gasteiger partial charge is 0.376 e. The summed E-state index contributed by atoms with van der Waals surface area (Å²) >= 11 is 0. The fourth-order valence-electron chi connectivity index (χ4n) is 1.75. The van der Waals surface area contributed by atoms with Crippen LogP contribution in [-0.2, 0) is 22.9 Å². The molecule has 1 saturated heterocycles. The van der Waals surface area contributed by atoms with Crippen LogP contribution in [0.15, 0.2) is 6.20 Å². The summed E-state index contributed by atoms with van der Waals surface area (Å²) in [5.74, 6) is 5.52. The number of rotatable bonds is 4. The molecule has 2 heterocycles. The van der Waals surface area contributed by atoms with Gasteiger partial charge in [-0.25, -0.2) is 0 Å². The van der Waals surface area contributed by atoms with Crippen LogP contribution in [0.2, 0.25) is 0 Å². The number of nitrogens with one attached hydrogen (secondary N) is 1. The second-order valence-corrected chi connectivity index (χ2v) is 3.84. The maximum absolute atomic E-state index is 5.59. The highest BCUT2D eigenvalue weighted by atomic mass is 16.6. The minimum Gasteiger partial charge on any atom is -0.376 e. The molecular weight excluding hydrogens is 210 g/mol. The Bertz CT molecular complexity index is 323. The standard InChI is InChI=1S/C9H17N5O2/c1-14-5-7(12-13-14)4-8(11-10)9-6-15-2-3-16-9/h5,8-9,11H,2-4,6,10H2,1H3. The quantitative estimate of drug-likeness (QED) is 0.486. The molecule has 7 heteroatoms. The van der Waals surface area contributed by atoms with Crippen molar-refractivity contribution in [3.8, 4) is 0 Å². The molecule has 0 radical (unpaired) electrons.